The van der Waals surface area contributed by atoms with Crippen molar-refractivity contribution in [1.82, 2.24) is 4.90 Å². The summed E-state index contributed by atoms with van der Waals surface area (Å²) in [6.45, 7) is 8.59. The van der Waals surface area contributed by atoms with Crippen LogP contribution in [0.5, 0.6) is 0 Å². The van der Waals surface area contributed by atoms with Gasteiger partial charge in [0.2, 0.25) is 0 Å². The van der Waals surface area contributed by atoms with Crippen LogP contribution in [0.3, 0.4) is 0 Å². The number of aliphatic hydroxyl groups is 1. The number of hydrogen-bond donors (Lipinski definition) is 3. The molecule has 3 N–H and O–H groups in total. The van der Waals surface area contributed by atoms with E-state index in [0.717, 1.165) is 12.0 Å². The standard InChI is InChI=1S/C27H35N4O5PS/c1-6-36-37(34)22-17-19(30-38(5)35)12-13-20(22)28-25(29-37)23-24(32)21(16-18-10-8-7-9-11-18)31(26(23)33)15-14-27(2,3)4/h7-13,17,21,30,32H,6,14-16H2,1-5H3,(H,28,29,34). The van der Waals surface area contributed by atoms with Crippen molar-refractivity contribution in [2.45, 2.75) is 46.6 Å². The molecule has 2 aliphatic heterocycles. The SMILES string of the molecule is CCOP1(=O)N=C(C2=C(O)C(Cc3ccccc3)N(CCC(C)(C)C)C2=O)Nc2ccc(NS(C)=O)cc21. The lowest BCUT2D eigenvalue weighted by molar-refractivity contribution is -0.127. The van der Waals surface area contributed by atoms with E-state index in [1.807, 2.05) is 30.3 Å². The molecule has 11 heteroatoms. The minimum atomic E-state index is -3.81. The zero-order valence-corrected chi connectivity index (χ0v) is 24.1. The number of carbonyl (C=O) groups excluding carboxylic acids is 1. The molecule has 2 heterocycles. The number of amides is 1. The molecule has 9 nitrogen and oxygen atoms in total. The fraction of sp³-hybridized carbons (Fsp3) is 0.407. The van der Waals surface area contributed by atoms with Crippen LogP contribution in [0, 0.1) is 5.41 Å². The molecule has 0 saturated carbocycles. The number of rotatable bonds is 9. The third-order valence-corrected chi connectivity index (χ3v) is 8.96. The Morgan fingerprint density at radius 2 is 1.92 bits per heavy atom. The summed E-state index contributed by atoms with van der Waals surface area (Å²) in [4.78, 5) is 15.5. The summed E-state index contributed by atoms with van der Waals surface area (Å²) < 4.78 is 38.5. The van der Waals surface area contributed by atoms with Crippen molar-refractivity contribution in [2.24, 2.45) is 10.2 Å². The molecular weight excluding hydrogens is 523 g/mol. The Bertz CT molecular complexity index is 1350. The minimum Gasteiger partial charge on any atom is -0.509 e. The molecule has 38 heavy (non-hydrogen) atoms. The summed E-state index contributed by atoms with van der Waals surface area (Å²) >= 11 is 0. The van der Waals surface area contributed by atoms with Crippen molar-refractivity contribution in [3.63, 3.8) is 0 Å². The highest BCUT2D eigenvalue weighted by molar-refractivity contribution is 7.85. The van der Waals surface area contributed by atoms with Gasteiger partial charge in [-0.1, -0.05) is 51.1 Å². The molecule has 4 rings (SSSR count). The number of nitrogens with one attached hydrogen (secondary N) is 2. The Balaban J connectivity index is 1.76. The van der Waals surface area contributed by atoms with Crippen molar-refractivity contribution in [1.29, 1.82) is 0 Å². The maximum Gasteiger partial charge on any atom is 0.348 e. The van der Waals surface area contributed by atoms with Crippen molar-refractivity contribution in [3.05, 3.63) is 65.4 Å². The fourth-order valence-corrected chi connectivity index (χ4v) is 6.78. The van der Waals surface area contributed by atoms with Gasteiger partial charge in [0.05, 0.1) is 23.6 Å². The van der Waals surface area contributed by atoms with Crippen LogP contribution in [0.15, 0.2) is 64.6 Å². The molecule has 0 bridgehead atoms. The third kappa shape index (κ3) is 6.03. The maximum atomic E-state index is 14.0. The summed E-state index contributed by atoms with van der Waals surface area (Å²) in [5.41, 5.74) is 1.91. The van der Waals surface area contributed by atoms with Gasteiger partial charge in [0.15, 0.2) is 5.84 Å². The Morgan fingerprint density at radius 1 is 1.21 bits per heavy atom. The number of anilines is 2. The molecule has 0 aliphatic carbocycles. The van der Waals surface area contributed by atoms with Gasteiger partial charge in [-0.25, -0.2) is 4.21 Å². The van der Waals surface area contributed by atoms with Crippen LogP contribution >= 0.6 is 7.52 Å². The first kappa shape index (κ1) is 28.1. The van der Waals surface area contributed by atoms with E-state index >= 15 is 0 Å². The highest BCUT2D eigenvalue weighted by Gasteiger charge is 2.44. The Labute approximate surface area is 226 Å². The molecule has 2 aliphatic rings. The molecule has 0 saturated heterocycles. The molecule has 204 valence electrons. The summed E-state index contributed by atoms with van der Waals surface area (Å²) in [5, 5.41) is 14.8. The van der Waals surface area contributed by atoms with Gasteiger partial charge in [-0.05, 0) is 42.5 Å². The monoisotopic (exact) mass is 558 g/mol. The highest BCUT2D eigenvalue weighted by atomic mass is 32.2. The van der Waals surface area contributed by atoms with Crippen LogP contribution in [-0.2, 0) is 31.3 Å². The van der Waals surface area contributed by atoms with E-state index in [0.29, 0.717) is 29.6 Å². The molecular formula is C27H35N4O5PS. The predicted octanol–water partition coefficient (Wildman–Crippen LogP) is 4.77. The predicted molar refractivity (Wildman–Crippen MR) is 153 cm³/mol. The van der Waals surface area contributed by atoms with Crippen LogP contribution in [-0.4, -0.2) is 51.4 Å². The number of fused-ring (bicyclic) bond motifs is 1. The van der Waals surface area contributed by atoms with Gasteiger partial charge >= 0.3 is 7.52 Å². The van der Waals surface area contributed by atoms with E-state index in [9.17, 15) is 18.7 Å². The fourth-order valence-electron chi connectivity index (χ4n) is 4.51. The van der Waals surface area contributed by atoms with Gasteiger partial charge in [0.25, 0.3) is 5.91 Å². The quantitative estimate of drug-likeness (QED) is 0.381. The number of hydrogen-bond acceptors (Lipinski definition) is 6. The molecule has 0 spiro atoms. The average Bonchev–Trinajstić information content (AvgIpc) is 3.06. The van der Waals surface area contributed by atoms with Crippen molar-refractivity contribution >= 4 is 46.9 Å². The first-order chi connectivity index (χ1) is 17.9. The van der Waals surface area contributed by atoms with Gasteiger partial charge in [-0.3, -0.25) is 9.36 Å². The lowest BCUT2D eigenvalue weighted by Crippen LogP contribution is -2.40. The second-order valence-corrected chi connectivity index (χ2v) is 13.7. The number of benzene rings is 2. The van der Waals surface area contributed by atoms with E-state index in [2.05, 4.69) is 35.6 Å². The highest BCUT2D eigenvalue weighted by Crippen LogP contribution is 2.52. The van der Waals surface area contributed by atoms with Crippen molar-refractivity contribution < 1.29 is 23.2 Å². The first-order valence-electron chi connectivity index (χ1n) is 12.6. The second kappa shape index (κ2) is 11.0. The second-order valence-electron chi connectivity index (χ2n) is 10.6. The van der Waals surface area contributed by atoms with E-state index in [4.69, 9.17) is 4.52 Å². The van der Waals surface area contributed by atoms with Gasteiger partial charge in [0.1, 0.15) is 22.3 Å². The van der Waals surface area contributed by atoms with Crippen molar-refractivity contribution in [3.8, 4) is 0 Å². The van der Waals surface area contributed by atoms with Crippen molar-refractivity contribution in [2.75, 3.05) is 29.4 Å². The lowest BCUT2D eigenvalue weighted by atomic mass is 9.92. The molecule has 3 unspecified atom stereocenters. The molecule has 0 fully saturated rings. The van der Waals surface area contributed by atoms with E-state index in [-0.39, 0.29) is 35.1 Å². The minimum absolute atomic E-state index is 0.00211. The Kier molecular flexibility index (Phi) is 8.16. The third-order valence-electron chi connectivity index (χ3n) is 6.39. The molecule has 1 amide bonds. The van der Waals surface area contributed by atoms with Crippen LogP contribution in [0.1, 0.15) is 39.7 Å². The first-order valence-corrected chi connectivity index (χ1v) is 15.7. The van der Waals surface area contributed by atoms with Crippen LogP contribution in [0.4, 0.5) is 11.4 Å². The molecule has 0 radical (unpaired) electrons. The Hall–Kier alpha value is -2.94. The molecule has 3 atom stereocenters. The number of amidine groups is 1. The zero-order chi connectivity index (χ0) is 27.7. The summed E-state index contributed by atoms with van der Waals surface area (Å²) in [7, 11) is -5.14. The normalized spacial score (nSPS) is 22.1. The smallest absolute Gasteiger partial charge is 0.348 e. The van der Waals surface area contributed by atoms with Gasteiger partial charge in [0, 0.05) is 24.9 Å². The number of carbonyl (C=O) groups is 1. The van der Waals surface area contributed by atoms with Crippen LogP contribution in [0.2, 0.25) is 0 Å². The summed E-state index contributed by atoms with van der Waals surface area (Å²) in [6.07, 6.45) is 2.66. The number of nitrogens with zero attached hydrogens (tertiary/aromatic N) is 2. The molecule has 0 aromatic heterocycles. The van der Waals surface area contributed by atoms with E-state index in [1.54, 1.807) is 30.0 Å². The average molecular weight is 559 g/mol. The topological polar surface area (TPSA) is 120 Å². The van der Waals surface area contributed by atoms with Gasteiger partial charge in [-0.2, -0.15) is 4.76 Å². The van der Waals surface area contributed by atoms with Crippen LogP contribution < -0.4 is 15.3 Å². The van der Waals surface area contributed by atoms with Crippen LogP contribution in [0.25, 0.3) is 0 Å². The number of aliphatic hydroxyl groups excluding tert-OH is 1. The zero-order valence-electron chi connectivity index (χ0n) is 22.4. The largest absolute Gasteiger partial charge is 0.509 e. The molecule has 2 aromatic carbocycles. The van der Waals surface area contributed by atoms with E-state index < -0.39 is 24.5 Å². The van der Waals surface area contributed by atoms with E-state index in [1.165, 1.54) is 6.26 Å². The molecule has 2 aromatic rings. The summed E-state index contributed by atoms with van der Waals surface area (Å²) in [5.74, 6) is -0.455. The van der Waals surface area contributed by atoms with Gasteiger partial charge < -0.3 is 24.6 Å². The van der Waals surface area contributed by atoms with Gasteiger partial charge in [-0.15, -0.1) is 0 Å². The summed E-state index contributed by atoms with van der Waals surface area (Å²) in [6, 6.07) is 14.0. The lowest BCUT2D eigenvalue weighted by Gasteiger charge is -2.29. The Morgan fingerprint density at radius 3 is 2.55 bits per heavy atom. The maximum absolute atomic E-state index is 14.0.